The minimum atomic E-state index is -0.321. The average Bonchev–Trinajstić information content (AvgIpc) is 3.08. The number of aliphatic hydroxyl groups is 1. The third kappa shape index (κ3) is 4.47. The summed E-state index contributed by atoms with van der Waals surface area (Å²) in [5, 5.41) is 12.3. The summed E-state index contributed by atoms with van der Waals surface area (Å²) in [5.74, 6) is 0. The molecular weight excluding hydrogens is 393 g/mol. The predicted molar refractivity (Wildman–Crippen MR) is 116 cm³/mol. The minimum Gasteiger partial charge on any atom is -0.390 e. The zero-order valence-corrected chi connectivity index (χ0v) is 17.7. The van der Waals surface area contributed by atoms with E-state index in [1.807, 2.05) is 25.1 Å². The van der Waals surface area contributed by atoms with Gasteiger partial charge in [0.1, 0.15) is 0 Å². The van der Waals surface area contributed by atoms with Crippen LogP contribution in [0.2, 0.25) is 10.0 Å². The summed E-state index contributed by atoms with van der Waals surface area (Å²) in [7, 11) is 0. The van der Waals surface area contributed by atoms with Crippen LogP contribution in [-0.2, 0) is 6.54 Å². The second-order valence-corrected chi connectivity index (χ2v) is 8.76. The third-order valence-electron chi connectivity index (χ3n) is 5.96. The monoisotopic (exact) mass is 419 g/mol. The van der Waals surface area contributed by atoms with E-state index in [-0.39, 0.29) is 12.1 Å². The maximum atomic E-state index is 10.7. The molecule has 1 N–H and O–H groups in total. The lowest BCUT2D eigenvalue weighted by atomic mass is 10.1. The van der Waals surface area contributed by atoms with Crippen molar-refractivity contribution in [2.24, 2.45) is 0 Å². The molecule has 0 bridgehead atoms. The van der Waals surface area contributed by atoms with Crippen LogP contribution in [0.4, 0.5) is 5.69 Å². The molecule has 4 rings (SSSR count). The molecule has 4 nitrogen and oxygen atoms in total. The Morgan fingerprint density at radius 2 is 1.68 bits per heavy atom. The SMILES string of the molecule is Cc1cc(N2C[C@@H](O)[C@H](N3CCN(Cc4ccc(Cl)cc4)CC3)C2)ccc1Cl. The molecule has 2 fully saturated rings. The smallest absolute Gasteiger partial charge is 0.0887 e. The van der Waals surface area contributed by atoms with E-state index in [1.54, 1.807) is 0 Å². The van der Waals surface area contributed by atoms with Gasteiger partial charge in [-0.05, 0) is 48.4 Å². The fourth-order valence-corrected chi connectivity index (χ4v) is 4.51. The molecule has 2 aliphatic heterocycles. The van der Waals surface area contributed by atoms with Crippen molar-refractivity contribution in [2.45, 2.75) is 25.6 Å². The van der Waals surface area contributed by atoms with Crippen LogP contribution < -0.4 is 4.90 Å². The summed E-state index contributed by atoms with van der Waals surface area (Å²) in [6.07, 6.45) is -0.321. The standard InChI is InChI=1S/C22H27Cl2N3O/c1-16-12-19(6-7-20(16)24)27-14-21(22(28)15-27)26-10-8-25(9-11-26)13-17-2-4-18(23)5-3-17/h2-7,12,21-22,28H,8-11,13-15H2,1H3/t21-,22-/m1/s1. The first kappa shape index (κ1) is 20.0. The van der Waals surface area contributed by atoms with E-state index in [0.29, 0.717) is 6.54 Å². The van der Waals surface area contributed by atoms with E-state index in [0.717, 1.165) is 60.6 Å². The molecule has 2 atom stereocenters. The van der Waals surface area contributed by atoms with Gasteiger partial charge in [-0.15, -0.1) is 0 Å². The highest BCUT2D eigenvalue weighted by atomic mass is 35.5. The van der Waals surface area contributed by atoms with E-state index in [2.05, 4.69) is 39.0 Å². The molecule has 0 radical (unpaired) electrons. The second-order valence-electron chi connectivity index (χ2n) is 7.91. The fourth-order valence-electron chi connectivity index (χ4n) is 4.27. The molecule has 2 aromatic rings. The van der Waals surface area contributed by atoms with Crippen LogP contribution >= 0.6 is 23.2 Å². The zero-order valence-electron chi connectivity index (χ0n) is 16.2. The van der Waals surface area contributed by atoms with Crippen LogP contribution in [0.1, 0.15) is 11.1 Å². The highest BCUT2D eigenvalue weighted by molar-refractivity contribution is 6.31. The molecule has 150 valence electrons. The van der Waals surface area contributed by atoms with Crippen molar-refractivity contribution in [1.82, 2.24) is 9.80 Å². The average molecular weight is 420 g/mol. The minimum absolute atomic E-state index is 0.189. The molecule has 0 amide bonds. The van der Waals surface area contributed by atoms with Crippen molar-refractivity contribution >= 4 is 28.9 Å². The Hall–Kier alpha value is -1.30. The lowest BCUT2D eigenvalue weighted by Gasteiger charge is -2.38. The summed E-state index contributed by atoms with van der Waals surface area (Å²) >= 11 is 12.1. The normalized spacial score (nSPS) is 24.1. The maximum Gasteiger partial charge on any atom is 0.0887 e. The van der Waals surface area contributed by atoms with Crippen molar-refractivity contribution in [3.63, 3.8) is 0 Å². The van der Waals surface area contributed by atoms with Crippen molar-refractivity contribution in [2.75, 3.05) is 44.2 Å². The number of hydrogen-bond donors (Lipinski definition) is 1. The lowest BCUT2D eigenvalue weighted by Crippen LogP contribution is -2.53. The van der Waals surface area contributed by atoms with Crippen LogP contribution in [0.3, 0.4) is 0 Å². The van der Waals surface area contributed by atoms with Gasteiger partial charge < -0.3 is 10.0 Å². The van der Waals surface area contributed by atoms with Crippen LogP contribution in [0.5, 0.6) is 0 Å². The number of aliphatic hydroxyl groups excluding tert-OH is 1. The largest absolute Gasteiger partial charge is 0.390 e. The second kappa shape index (κ2) is 8.60. The first-order chi connectivity index (χ1) is 13.5. The molecule has 2 aromatic carbocycles. The van der Waals surface area contributed by atoms with Crippen molar-refractivity contribution in [3.8, 4) is 0 Å². The molecule has 0 aliphatic carbocycles. The summed E-state index contributed by atoms with van der Waals surface area (Å²) in [6.45, 7) is 8.53. The molecule has 6 heteroatoms. The van der Waals surface area contributed by atoms with E-state index in [4.69, 9.17) is 23.2 Å². The molecule has 0 unspecified atom stereocenters. The first-order valence-corrected chi connectivity index (χ1v) is 10.7. The predicted octanol–water partition coefficient (Wildman–Crippen LogP) is 3.67. The van der Waals surface area contributed by atoms with Crippen LogP contribution in [0.15, 0.2) is 42.5 Å². The van der Waals surface area contributed by atoms with Gasteiger partial charge in [0.25, 0.3) is 0 Å². The topological polar surface area (TPSA) is 30.0 Å². The van der Waals surface area contributed by atoms with E-state index in [1.165, 1.54) is 5.56 Å². The Morgan fingerprint density at radius 3 is 2.36 bits per heavy atom. The number of anilines is 1. The van der Waals surface area contributed by atoms with Gasteiger partial charge in [-0.3, -0.25) is 9.80 Å². The summed E-state index contributed by atoms with van der Waals surface area (Å²) in [4.78, 5) is 7.20. The Labute approximate surface area is 177 Å². The summed E-state index contributed by atoms with van der Waals surface area (Å²) in [5.41, 5.74) is 3.51. The van der Waals surface area contributed by atoms with Gasteiger partial charge in [-0.1, -0.05) is 35.3 Å². The summed E-state index contributed by atoms with van der Waals surface area (Å²) in [6, 6.07) is 14.4. The first-order valence-electron chi connectivity index (χ1n) is 9.89. The molecule has 0 aromatic heterocycles. The van der Waals surface area contributed by atoms with Gasteiger partial charge in [0.2, 0.25) is 0 Å². The summed E-state index contributed by atoms with van der Waals surface area (Å²) < 4.78 is 0. The van der Waals surface area contributed by atoms with Crippen molar-refractivity contribution in [1.29, 1.82) is 0 Å². The van der Waals surface area contributed by atoms with Crippen LogP contribution in [0, 0.1) is 6.92 Å². The third-order valence-corrected chi connectivity index (χ3v) is 6.64. The quantitative estimate of drug-likeness (QED) is 0.818. The zero-order chi connectivity index (χ0) is 19.7. The molecule has 2 heterocycles. The van der Waals surface area contributed by atoms with Gasteiger partial charge in [-0.2, -0.15) is 0 Å². The van der Waals surface area contributed by atoms with Gasteiger partial charge in [0.05, 0.1) is 12.1 Å². The number of hydrogen-bond acceptors (Lipinski definition) is 4. The number of aryl methyl sites for hydroxylation is 1. The number of rotatable bonds is 4. The molecule has 2 saturated heterocycles. The number of benzene rings is 2. The van der Waals surface area contributed by atoms with E-state index >= 15 is 0 Å². The van der Waals surface area contributed by atoms with E-state index < -0.39 is 0 Å². The number of β-amino-alcohol motifs (C(OH)–C–C–N with tert-alkyl or cyclic N) is 1. The molecular formula is C22H27Cl2N3O. The van der Waals surface area contributed by atoms with Gasteiger partial charge >= 0.3 is 0 Å². The number of nitrogens with zero attached hydrogens (tertiary/aromatic N) is 3. The Balaban J connectivity index is 1.33. The molecule has 0 saturated carbocycles. The van der Waals surface area contributed by atoms with Gasteiger partial charge in [-0.25, -0.2) is 0 Å². The highest BCUT2D eigenvalue weighted by Gasteiger charge is 2.36. The highest BCUT2D eigenvalue weighted by Crippen LogP contribution is 2.27. The number of halogens is 2. The molecule has 2 aliphatic rings. The van der Waals surface area contributed by atoms with Gasteiger partial charge in [0.15, 0.2) is 0 Å². The van der Waals surface area contributed by atoms with Crippen LogP contribution in [0.25, 0.3) is 0 Å². The molecule has 28 heavy (non-hydrogen) atoms. The fraction of sp³-hybridized carbons (Fsp3) is 0.455. The van der Waals surface area contributed by atoms with Crippen molar-refractivity contribution in [3.05, 3.63) is 63.6 Å². The van der Waals surface area contributed by atoms with E-state index in [9.17, 15) is 5.11 Å². The van der Waals surface area contributed by atoms with Crippen LogP contribution in [-0.4, -0.2) is 66.3 Å². The maximum absolute atomic E-state index is 10.7. The van der Waals surface area contributed by atoms with Gasteiger partial charge in [0, 0.05) is 61.5 Å². The Bertz CT molecular complexity index is 806. The number of piperazine rings is 1. The Kier molecular flexibility index (Phi) is 6.14. The lowest BCUT2D eigenvalue weighted by molar-refractivity contribution is 0.0424. The van der Waals surface area contributed by atoms with Crippen molar-refractivity contribution < 1.29 is 5.11 Å². The Morgan fingerprint density at radius 1 is 0.964 bits per heavy atom. The molecule has 0 spiro atoms.